The van der Waals surface area contributed by atoms with Crippen LogP contribution in [0.25, 0.3) is 0 Å². The Kier molecular flexibility index (Phi) is 11.1. The fourth-order valence-corrected chi connectivity index (χ4v) is 5.33. The average molecular weight is 615 g/mol. The number of benzene rings is 3. The maximum absolute atomic E-state index is 14.0. The zero-order valence-corrected chi connectivity index (χ0v) is 25.0. The van der Waals surface area contributed by atoms with Crippen LogP contribution in [0, 0.1) is 6.92 Å². The Bertz CT molecular complexity index is 1350. The van der Waals surface area contributed by atoms with Crippen LogP contribution in [0.2, 0.25) is 0 Å². The van der Waals surface area contributed by atoms with E-state index in [4.69, 9.17) is 0 Å². The molecular formula is C30H36BrN3O4S. The van der Waals surface area contributed by atoms with Gasteiger partial charge in [0.15, 0.2) is 0 Å². The van der Waals surface area contributed by atoms with E-state index in [9.17, 15) is 18.0 Å². The van der Waals surface area contributed by atoms with Crippen molar-refractivity contribution in [1.29, 1.82) is 0 Å². The molecule has 9 heteroatoms. The molecule has 3 aromatic rings. The lowest BCUT2D eigenvalue weighted by molar-refractivity contribution is -0.140. The fraction of sp³-hybridized carbons (Fsp3) is 0.333. The molecule has 0 aliphatic heterocycles. The summed E-state index contributed by atoms with van der Waals surface area (Å²) in [5, 5.41) is 2.98. The molecule has 0 radical (unpaired) electrons. The van der Waals surface area contributed by atoms with Crippen molar-refractivity contribution < 1.29 is 18.0 Å². The van der Waals surface area contributed by atoms with Crippen molar-refractivity contribution in [1.82, 2.24) is 10.2 Å². The standard InChI is InChI=1S/C30H36BrN3O4S/c1-4-5-18-32-30(36)28(20-24-12-8-6-9-13-24)33(21-25-14-10-7-11-15-25)29(35)22-34(39(3,37)38)26-16-17-27(31)23(2)19-26/h6-17,19,28H,4-5,18,20-22H2,1-3H3,(H,32,36)/t28-/m0/s1. The van der Waals surface area contributed by atoms with Crippen molar-refractivity contribution in [3.63, 3.8) is 0 Å². The molecule has 0 aliphatic carbocycles. The van der Waals surface area contributed by atoms with Gasteiger partial charge < -0.3 is 10.2 Å². The van der Waals surface area contributed by atoms with Crippen molar-refractivity contribution >= 4 is 43.5 Å². The highest BCUT2D eigenvalue weighted by Crippen LogP contribution is 2.25. The second-order valence-electron chi connectivity index (χ2n) is 9.56. The van der Waals surface area contributed by atoms with Gasteiger partial charge in [-0.2, -0.15) is 0 Å². The minimum atomic E-state index is -3.80. The molecule has 0 spiro atoms. The molecule has 1 N–H and O–H groups in total. The first-order valence-electron chi connectivity index (χ1n) is 13.0. The highest BCUT2D eigenvalue weighted by molar-refractivity contribution is 9.10. The monoisotopic (exact) mass is 613 g/mol. The molecular weight excluding hydrogens is 578 g/mol. The Hall–Kier alpha value is -3.17. The third-order valence-corrected chi connectivity index (χ3v) is 8.44. The number of nitrogens with zero attached hydrogens (tertiary/aromatic N) is 2. The Morgan fingerprint density at radius 3 is 2.13 bits per heavy atom. The molecule has 39 heavy (non-hydrogen) atoms. The highest BCUT2D eigenvalue weighted by atomic mass is 79.9. The lowest BCUT2D eigenvalue weighted by atomic mass is 10.0. The van der Waals surface area contributed by atoms with Crippen LogP contribution in [0.5, 0.6) is 0 Å². The molecule has 3 rings (SSSR count). The number of anilines is 1. The molecule has 3 aromatic carbocycles. The summed E-state index contributed by atoms with van der Waals surface area (Å²) >= 11 is 3.44. The largest absolute Gasteiger partial charge is 0.354 e. The van der Waals surface area contributed by atoms with Crippen molar-refractivity contribution in [3.8, 4) is 0 Å². The molecule has 7 nitrogen and oxygen atoms in total. The van der Waals surface area contributed by atoms with Crippen LogP contribution in [0.4, 0.5) is 5.69 Å². The predicted molar refractivity (Wildman–Crippen MR) is 160 cm³/mol. The van der Waals surface area contributed by atoms with E-state index in [1.54, 1.807) is 18.2 Å². The third-order valence-electron chi connectivity index (χ3n) is 6.41. The van der Waals surface area contributed by atoms with E-state index < -0.39 is 28.5 Å². The number of amides is 2. The number of aryl methyl sites for hydroxylation is 1. The maximum atomic E-state index is 14.0. The Morgan fingerprint density at radius 1 is 0.949 bits per heavy atom. The molecule has 0 bridgehead atoms. The minimum Gasteiger partial charge on any atom is -0.354 e. The molecule has 0 saturated carbocycles. The second-order valence-corrected chi connectivity index (χ2v) is 12.3. The molecule has 0 heterocycles. The first-order valence-corrected chi connectivity index (χ1v) is 15.6. The van der Waals surface area contributed by atoms with E-state index >= 15 is 0 Å². The van der Waals surface area contributed by atoms with Gasteiger partial charge in [0.25, 0.3) is 0 Å². The van der Waals surface area contributed by atoms with E-state index in [0.717, 1.165) is 44.6 Å². The smallest absolute Gasteiger partial charge is 0.244 e. The number of sulfonamides is 1. The molecule has 0 unspecified atom stereocenters. The van der Waals surface area contributed by atoms with Crippen molar-refractivity contribution in [2.45, 2.75) is 45.7 Å². The number of unbranched alkanes of at least 4 members (excludes halogenated alkanes) is 1. The maximum Gasteiger partial charge on any atom is 0.244 e. The van der Waals surface area contributed by atoms with Crippen molar-refractivity contribution in [3.05, 3.63) is 100 Å². The molecule has 0 saturated heterocycles. The minimum absolute atomic E-state index is 0.162. The van der Waals surface area contributed by atoms with Crippen LogP contribution in [0.15, 0.2) is 83.3 Å². The van der Waals surface area contributed by atoms with Gasteiger partial charge in [0, 0.05) is 24.0 Å². The van der Waals surface area contributed by atoms with Gasteiger partial charge in [-0.25, -0.2) is 8.42 Å². The first-order chi connectivity index (χ1) is 18.6. The number of halogens is 1. The lowest BCUT2D eigenvalue weighted by Crippen LogP contribution is -2.53. The van der Waals surface area contributed by atoms with Crippen LogP contribution < -0.4 is 9.62 Å². The van der Waals surface area contributed by atoms with Crippen molar-refractivity contribution in [2.24, 2.45) is 0 Å². The van der Waals surface area contributed by atoms with E-state index in [1.807, 2.05) is 74.5 Å². The molecule has 0 aromatic heterocycles. The number of carbonyl (C=O) groups is 2. The second kappa shape index (κ2) is 14.3. The molecule has 0 aliphatic rings. The van der Waals surface area contributed by atoms with Crippen molar-refractivity contribution in [2.75, 3.05) is 23.7 Å². The van der Waals surface area contributed by atoms with E-state index in [1.165, 1.54) is 4.90 Å². The number of nitrogens with one attached hydrogen (secondary N) is 1. The zero-order chi connectivity index (χ0) is 28.4. The summed E-state index contributed by atoms with van der Waals surface area (Å²) in [5.41, 5.74) is 2.98. The topological polar surface area (TPSA) is 86.8 Å². The van der Waals surface area contributed by atoms with E-state index in [-0.39, 0.29) is 12.5 Å². The van der Waals surface area contributed by atoms with Crippen LogP contribution in [-0.4, -0.2) is 50.5 Å². The van der Waals surface area contributed by atoms with Gasteiger partial charge >= 0.3 is 0 Å². The number of hydrogen-bond acceptors (Lipinski definition) is 4. The summed E-state index contributed by atoms with van der Waals surface area (Å²) in [6.45, 7) is 4.13. The Morgan fingerprint density at radius 2 is 1.56 bits per heavy atom. The first kappa shape index (κ1) is 30.4. The van der Waals surface area contributed by atoms with Crippen LogP contribution in [0.1, 0.15) is 36.5 Å². The van der Waals surface area contributed by atoms with Gasteiger partial charge in [0.2, 0.25) is 21.8 Å². The summed E-state index contributed by atoms with van der Waals surface area (Å²) in [4.78, 5) is 29.1. The molecule has 0 fully saturated rings. The Labute approximate surface area is 240 Å². The summed E-state index contributed by atoms with van der Waals surface area (Å²) in [7, 11) is -3.80. The van der Waals surface area contributed by atoms with E-state index in [0.29, 0.717) is 18.7 Å². The van der Waals surface area contributed by atoms with Crippen LogP contribution in [-0.2, 0) is 32.6 Å². The number of carbonyl (C=O) groups excluding carboxylic acids is 2. The SMILES string of the molecule is CCCCNC(=O)[C@H](Cc1ccccc1)N(Cc1ccccc1)C(=O)CN(c1ccc(Br)c(C)c1)S(C)(=O)=O. The molecule has 208 valence electrons. The van der Waals surface area contributed by atoms with Crippen LogP contribution >= 0.6 is 15.9 Å². The summed E-state index contributed by atoms with van der Waals surface area (Å²) in [5.74, 6) is -0.724. The average Bonchev–Trinajstić information content (AvgIpc) is 2.91. The highest BCUT2D eigenvalue weighted by Gasteiger charge is 2.33. The Balaban J connectivity index is 2.02. The summed E-state index contributed by atoms with van der Waals surface area (Å²) in [6.07, 6.45) is 3.12. The lowest BCUT2D eigenvalue weighted by Gasteiger charge is -2.33. The van der Waals surface area contributed by atoms with E-state index in [2.05, 4.69) is 21.2 Å². The van der Waals surface area contributed by atoms with Gasteiger partial charge in [0.1, 0.15) is 12.6 Å². The quantitative estimate of drug-likeness (QED) is 0.272. The molecule has 1 atom stereocenters. The van der Waals surface area contributed by atoms with Gasteiger partial charge in [-0.1, -0.05) is 89.9 Å². The molecule has 2 amide bonds. The predicted octanol–water partition coefficient (Wildman–Crippen LogP) is 5.08. The summed E-state index contributed by atoms with van der Waals surface area (Å²) < 4.78 is 27.7. The van der Waals surface area contributed by atoms with Crippen LogP contribution in [0.3, 0.4) is 0 Å². The number of hydrogen-bond donors (Lipinski definition) is 1. The number of rotatable bonds is 13. The van der Waals surface area contributed by atoms with Gasteiger partial charge in [-0.15, -0.1) is 0 Å². The zero-order valence-electron chi connectivity index (χ0n) is 22.6. The van der Waals surface area contributed by atoms with Gasteiger partial charge in [-0.05, 0) is 48.2 Å². The fourth-order valence-electron chi connectivity index (χ4n) is 4.24. The van der Waals surface area contributed by atoms with Gasteiger partial charge in [0.05, 0.1) is 11.9 Å². The summed E-state index contributed by atoms with van der Waals surface area (Å²) in [6, 6.07) is 23.3. The normalized spacial score (nSPS) is 12.0. The third kappa shape index (κ3) is 8.93. The van der Waals surface area contributed by atoms with Gasteiger partial charge in [-0.3, -0.25) is 13.9 Å².